The summed E-state index contributed by atoms with van der Waals surface area (Å²) in [5.41, 5.74) is 1.16. The van der Waals surface area contributed by atoms with Gasteiger partial charge < -0.3 is 13.9 Å². The van der Waals surface area contributed by atoms with Crippen molar-refractivity contribution in [2.75, 3.05) is 27.3 Å². The van der Waals surface area contributed by atoms with Crippen molar-refractivity contribution < 1.29 is 18.3 Å². The van der Waals surface area contributed by atoms with E-state index in [0.29, 0.717) is 35.6 Å². The van der Waals surface area contributed by atoms with Crippen LogP contribution >= 0.6 is 0 Å². The van der Waals surface area contributed by atoms with Crippen LogP contribution in [0, 0.1) is 12.7 Å². The average Bonchev–Trinajstić information content (AvgIpc) is 3.17. The number of benzene rings is 1. The predicted octanol–water partition coefficient (Wildman–Crippen LogP) is 3.41. The first-order valence-corrected chi connectivity index (χ1v) is 8.17. The molecule has 130 valence electrons. The molecule has 1 atom stereocenters. The molecular formula is C18H23FN2O3. The Balaban J connectivity index is 1.72. The van der Waals surface area contributed by atoms with Gasteiger partial charge in [-0.15, -0.1) is 0 Å². The van der Waals surface area contributed by atoms with Crippen LogP contribution in [0.25, 0.3) is 11.5 Å². The highest BCUT2D eigenvalue weighted by atomic mass is 19.1. The third kappa shape index (κ3) is 3.76. The number of nitrogens with zero attached hydrogens (tertiary/aromatic N) is 2. The summed E-state index contributed by atoms with van der Waals surface area (Å²) in [4.78, 5) is 6.64. The van der Waals surface area contributed by atoms with Gasteiger partial charge in [0.05, 0.1) is 24.5 Å². The normalized spacial score (nSPS) is 17.6. The smallest absolute Gasteiger partial charge is 0.229 e. The minimum Gasteiger partial charge on any atom is -0.497 e. The van der Waals surface area contributed by atoms with E-state index < -0.39 is 5.82 Å². The summed E-state index contributed by atoms with van der Waals surface area (Å²) in [5.74, 6) is 1.07. The molecule has 24 heavy (non-hydrogen) atoms. The van der Waals surface area contributed by atoms with Crippen LogP contribution in [0.5, 0.6) is 5.75 Å². The van der Waals surface area contributed by atoms with Crippen molar-refractivity contribution in [2.24, 2.45) is 0 Å². The summed E-state index contributed by atoms with van der Waals surface area (Å²) in [6.07, 6.45) is 2.52. The van der Waals surface area contributed by atoms with Crippen LogP contribution in [0.15, 0.2) is 22.6 Å². The van der Waals surface area contributed by atoms with Crippen LogP contribution in [-0.4, -0.2) is 43.3 Å². The van der Waals surface area contributed by atoms with Gasteiger partial charge in [-0.25, -0.2) is 9.37 Å². The second kappa shape index (κ2) is 7.32. The second-order valence-electron chi connectivity index (χ2n) is 6.20. The van der Waals surface area contributed by atoms with E-state index in [9.17, 15) is 4.39 Å². The summed E-state index contributed by atoms with van der Waals surface area (Å²) in [5, 5.41) is 0. The molecule has 0 N–H and O–H groups in total. The number of hydrogen-bond donors (Lipinski definition) is 0. The van der Waals surface area contributed by atoms with Gasteiger partial charge in [0.25, 0.3) is 0 Å². The molecule has 0 saturated carbocycles. The molecule has 1 saturated heterocycles. The van der Waals surface area contributed by atoms with Gasteiger partial charge >= 0.3 is 0 Å². The van der Waals surface area contributed by atoms with Gasteiger partial charge in [0, 0.05) is 25.8 Å². The van der Waals surface area contributed by atoms with E-state index in [0.717, 1.165) is 31.7 Å². The Morgan fingerprint density at radius 3 is 2.92 bits per heavy atom. The van der Waals surface area contributed by atoms with Gasteiger partial charge in [-0.05, 0) is 38.9 Å². The monoisotopic (exact) mass is 334 g/mol. The molecule has 2 heterocycles. The topological polar surface area (TPSA) is 47.7 Å². The maximum atomic E-state index is 14.2. The van der Waals surface area contributed by atoms with E-state index in [1.807, 2.05) is 14.0 Å². The van der Waals surface area contributed by atoms with E-state index in [4.69, 9.17) is 13.9 Å². The molecule has 2 aromatic rings. The number of oxazole rings is 1. The summed E-state index contributed by atoms with van der Waals surface area (Å²) in [7, 11) is 3.54. The van der Waals surface area contributed by atoms with Crippen LogP contribution in [-0.2, 0) is 11.3 Å². The van der Waals surface area contributed by atoms with E-state index in [1.165, 1.54) is 13.2 Å². The van der Waals surface area contributed by atoms with E-state index in [2.05, 4.69) is 9.88 Å². The van der Waals surface area contributed by atoms with Gasteiger partial charge in [-0.3, -0.25) is 4.90 Å². The molecule has 1 aromatic carbocycles. The number of aryl methyl sites for hydroxylation is 1. The fraction of sp³-hybridized carbons (Fsp3) is 0.500. The van der Waals surface area contributed by atoms with Crippen LogP contribution in [0.3, 0.4) is 0 Å². The Morgan fingerprint density at radius 2 is 2.25 bits per heavy atom. The summed E-state index contributed by atoms with van der Waals surface area (Å²) in [6.45, 7) is 4.21. The number of hydrogen-bond acceptors (Lipinski definition) is 5. The number of rotatable bonds is 6. The van der Waals surface area contributed by atoms with E-state index >= 15 is 0 Å². The summed E-state index contributed by atoms with van der Waals surface area (Å²) >= 11 is 0. The molecule has 1 fully saturated rings. The maximum Gasteiger partial charge on any atom is 0.229 e. The molecule has 6 heteroatoms. The van der Waals surface area contributed by atoms with Crippen molar-refractivity contribution in [3.63, 3.8) is 0 Å². The van der Waals surface area contributed by atoms with E-state index in [-0.39, 0.29) is 0 Å². The van der Waals surface area contributed by atoms with Gasteiger partial charge in [-0.2, -0.15) is 0 Å². The van der Waals surface area contributed by atoms with Crippen molar-refractivity contribution >= 4 is 0 Å². The lowest BCUT2D eigenvalue weighted by molar-refractivity contribution is 0.0789. The Labute approximate surface area is 141 Å². The Morgan fingerprint density at radius 1 is 1.42 bits per heavy atom. The largest absolute Gasteiger partial charge is 0.497 e. The lowest BCUT2D eigenvalue weighted by Gasteiger charge is -2.19. The third-order valence-electron chi connectivity index (χ3n) is 4.26. The fourth-order valence-corrected chi connectivity index (χ4v) is 2.94. The number of ether oxygens (including phenoxy) is 2. The van der Waals surface area contributed by atoms with Crippen molar-refractivity contribution in [2.45, 2.75) is 32.4 Å². The van der Waals surface area contributed by atoms with Gasteiger partial charge in [0.2, 0.25) is 5.89 Å². The SMILES string of the molecule is COc1ccc(-c2nc(CN(C)CC3CCCO3)c(C)o2)c(F)c1. The first kappa shape index (κ1) is 16.9. The first-order valence-electron chi connectivity index (χ1n) is 8.17. The highest BCUT2D eigenvalue weighted by Crippen LogP contribution is 2.27. The Bertz CT molecular complexity index is 696. The second-order valence-corrected chi connectivity index (χ2v) is 6.20. The molecule has 0 aliphatic carbocycles. The quantitative estimate of drug-likeness (QED) is 0.810. The molecule has 1 unspecified atom stereocenters. The van der Waals surface area contributed by atoms with Crippen LogP contribution in [0.4, 0.5) is 4.39 Å². The van der Waals surface area contributed by atoms with Crippen LogP contribution < -0.4 is 4.74 Å². The Kier molecular flexibility index (Phi) is 5.16. The number of methoxy groups -OCH3 is 1. The summed E-state index contributed by atoms with van der Waals surface area (Å²) in [6, 6.07) is 4.65. The molecule has 0 radical (unpaired) electrons. The lowest BCUT2D eigenvalue weighted by Crippen LogP contribution is -2.28. The molecular weight excluding hydrogens is 311 g/mol. The Hall–Kier alpha value is -1.92. The molecule has 0 bridgehead atoms. The van der Waals surface area contributed by atoms with Crippen molar-refractivity contribution in [3.8, 4) is 17.2 Å². The highest BCUT2D eigenvalue weighted by molar-refractivity contribution is 5.56. The zero-order valence-corrected chi connectivity index (χ0v) is 14.3. The zero-order chi connectivity index (χ0) is 17.1. The molecule has 1 aliphatic heterocycles. The standard InChI is InChI=1S/C18H23FN2O3/c1-12-17(11-21(2)10-14-5-4-8-23-14)20-18(24-12)15-7-6-13(22-3)9-16(15)19/h6-7,9,14H,4-5,8,10-11H2,1-3H3. The molecule has 0 amide bonds. The molecule has 0 spiro atoms. The third-order valence-corrected chi connectivity index (χ3v) is 4.26. The molecule has 1 aromatic heterocycles. The van der Waals surface area contributed by atoms with Crippen molar-refractivity contribution in [1.29, 1.82) is 0 Å². The van der Waals surface area contributed by atoms with Crippen molar-refractivity contribution in [1.82, 2.24) is 9.88 Å². The van der Waals surface area contributed by atoms with Crippen LogP contribution in [0.1, 0.15) is 24.3 Å². The predicted molar refractivity (Wildman–Crippen MR) is 88.5 cm³/mol. The van der Waals surface area contributed by atoms with Crippen molar-refractivity contribution in [3.05, 3.63) is 35.5 Å². The number of likely N-dealkylation sites (N-methyl/N-ethyl adjacent to an activating group) is 1. The lowest BCUT2D eigenvalue weighted by atomic mass is 10.2. The molecule has 3 rings (SSSR count). The molecule has 5 nitrogen and oxygen atoms in total. The van der Waals surface area contributed by atoms with Gasteiger partial charge in [0.15, 0.2) is 0 Å². The average molecular weight is 334 g/mol. The maximum absolute atomic E-state index is 14.2. The first-order chi connectivity index (χ1) is 11.6. The highest BCUT2D eigenvalue weighted by Gasteiger charge is 2.20. The molecule has 1 aliphatic rings. The fourth-order valence-electron chi connectivity index (χ4n) is 2.94. The van der Waals surface area contributed by atoms with Gasteiger partial charge in [-0.1, -0.05) is 0 Å². The van der Waals surface area contributed by atoms with Crippen LogP contribution in [0.2, 0.25) is 0 Å². The number of halogens is 1. The minimum atomic E-state index is -0.408. The van der Waals surface area contributed by atoms with Gasteiger partial charge in [0.1, 0.15) is 17.3 Å². The van der Waals surface area contributed by atoms with E-state index in [1.54, 1.807) is 12.1 Å². The minimum absolute atomic E-state index is 0.292. The zero-order valence-electron chi connectivity index (χ0n) is 14.3. The summed E-state index contributed by atoms with van der Waals surface area (Å²) < 4.78 is 30.5. The number of aromatic nitrogens is 1.